The molecule has 0 radical (unpaired) electrons. The summed E-state index contributed by atoms with van der Waals surface area (Å²) in [4.78, 5) is 42.3. The van der Waals surface area contributed by atoms with E-state index in [1.807, 2.05) is 44.2 Å². The summed E-state index contributed by atoms with van der Waals surface area (Å²) in [6, 6.07) is 14.0. The summed E-state index contributed by atoms with van der Waals surface area (Å²) < 4.78 is 5.45. The topological polar surface area (TPSA) is 108 Å². The van der Waals surface area contributed by atoms with Crippen molar-refractivity contribution >= 4 is 17.9 Å². The minimum Gasteiger partial charge on any atom is -0.508 e. The van der Waals surface area contributed by atoms with E-state index in [1.54, 1.807) is 37.8 Å². The molecule has 0 fully saturated rings. The molecule has 2 aromatic carbocycles. The number of phenolic OH excluding ortho intramolecular Hbond substituents is 1. The number of unbranched alkanes of at least 4 members (excludes halogenated alkanes) is 2. The Morgan fingerprint density at radius 3 is 2.28 bits per heavy atom. The van der Waals surface area contributed by atoms with E-state index in [0.717, 1.165) is 18.4 Å². The first-order valence-electron chi connectivity index (χ1n) is 13.9. The second-order valence-corrected chi connectivity index (χ2v) is 10.9. The zero-order valence-electron chi connectivity index (χ0n) is 24.2. The minimum absolute atomic E-state index is 0.000303. The van der Waals surface area contributed by atoms with Crippen LogP contribution in [0.4, 0.5) is 4.79 Å². The molecule has 0 spiro atoms. The molecule has 2 rings (SSSR count). The highest BCUT2D eigenvalue weighted by molar-refractivity contribution is 5.92. The lowest BCUT2D eigenvalue weighted by atomic mass is 9.95. The molecule has 3 atom stereocenters. The number of nitrogens with zero attached hydrogens (tertiary/aromatic N) is 1. The molecule has 8 nitrogen and oxygen atoms in total. The molecule has 0 saturated heterocycles. The molecule has 3 amide bonds. The molecular formula is C31H45N3O5. The lowest BCUT2D eigenvalue weighted by molar-refractivity contribution is -0.143. The third kappa shape index (κ3) is 10.3. The van der Waals surface area contributed by atoms with Crippen molar-refractivity contribution in [2.45, 2.75) is 91.5 Å². The zero-order valence-corrected chi connectivity index (χ0v) is 24.2. The molecule has 3 unspecified atom stereocenters. The van der Waals surface area contributed by atoms with Gasteiger partial charge in [0.25, 0.3) is 0 Å². The standard InChI is InChI=1S/C31H45N3O5/c1-7-9-13-19-34(29(37)26(22(3)8-2)33-30(38)39-31(4,5)6)27(24-17-14-18-25(35)20-24)28(36)32-21-23-15-11-10-12-16-23/h10-12,14-18,20,22,26-27,35H,7-9,13,19,21H2,1-6H3,(H,32,36)(H,33,38). The van der Waals surface area contributed by atoms with Gasteiger partial charge in [-0.2, -0.15) is 0 Å². The summed E-state index contributed by atoms with van der Waals surface area (Å²) in [6.45, 7) is 11.8. The van der Waals surface area contributed by atoms with Crippen molar-refractivity contribution in [3.63, 3.8) is 0 Å². The van der Waals surface area contributed by atoms with Gasteiger partial charge in [-0.3, -0.25) is 9.59 Å². The number of nitrogens with one attached hydrogen (secondary N) is 2. The third-order valence-corrected chi connectivity index (χ3v) is 6.49. The van der Waals surface area contributed by atoms with Crippen molar-refractivity contribution in [3.05, 3.63) is 65.7 Å². The van der Waals surface area contributed by atoms with Gasteiger partial charge in [0.15, 0.2) is 0 Å². The van der Waals surface area contributed by atoms with E-state index >= 15 is 0 Å². The molecule has 0 bridgehead atoms. The predicted molar refractivity (Wildman–Crippen MR) is 153 cm³/mol. The highest BCUT2D eigenvalue weighted by atomic mass is 16.6. The van der Waals surface area contributed by atoms with Crippen LogP contribution >= 0.6 is 0 Å². The quantitative estimate of drug-likeness (QED) is 0.283. The molecule has 0 aliphatic rings. The summed E-state index contributed by atoms with van der Waals surface area (Å²) in [5.74, 6) is -0.945. The number of phenols is 1. The zero-order chi connectivity index (χ0) is 29.0. The maximum absolute atomic E-state index is 14.2. The van der Waals surface area contributed by atoms with Crippen molar-refractivity contribution in [2.24, 2.45) is 5.92 Å². The van der Waals surface area contributed by atoms with Gasteiger partial charge in [0.2, 0.25) is 11.8 Å². The van der Waals surface area contributed by atoms with Crippen LogP contribution in [-0.2, 0) is 20.9 Å². The number of hydrogen-bond acceptors (Lipinski definition) is 5. The normalized spacial score (nSPS) is 13.6. The molecule has 0 heterocycles. The summed E-state index contributed by atoms with van der Waals surface area (Å²) in [6.07, 6.45) is 2.44. The van der Waals surface area contributed by atoms with Crippen LogP contribution in [0.3, 0.4) is 0 Å². The Hall–Kier alpha value is -3.55. The van der Waals surface area contributed by atoms with Gasteiger partial charge >= 0.3 is 6.09 Å². The van der Waals surface area contributed by atoms with E-state index < -0.39 is 23.8 Å². The number of ether oxygens (including phenoxy) is 1. The molecule has 0 saturated carbocycles. The van der Waals surface area contributed by atoms with Crippen molar-refractivity contribution in [3.8, 4) is 5.75 Å². The lowest BCUT2D eigenvalue weighted by Gasteiger charge is -2.36. The Bertz CT molecular complexity index is 1070. The van der Waals surface area contributed by atoms with E-state index in [1.165, 1.54) is 12.1 Å². The van der Waals surface area contributed by atoms with E-state index in [0.29, 0.717) is 24.9 Å². The summed E-state index contributed by atoms with van der Waals surface area (Å²) >= 11 is 0. The van der Waals surface area contributed by atoms with Crippen LogP contribution in [-0.4, -0.2) is 46.1 Å². The van der Waals surface area contributed by atoms with Crippen LogP contribution in [0.1, 0.15) is 84.4 Å². The van der Waals surface area contributed by atoms with Crippen molar-refractivity contribution in [1.82, 2.24) is 15.5 Å². The van der Waals surface area contributed by atoms with Gasteiger partial charge in [-0.05, 0) is 56.4 Å². The van der Waals surface area contributed by atoms with Gasteiger partial charge in [0, 0.05) is 13.1 Å². The first-order valence-corrected chi connectivity index (χ1v) is 13.9. The molecule has 0 aliphatic carbocycles. The number of rotatable bonds is 13. The molecule has 3 N–H and O–H groups in total. The Kier molecular flexibility index (Phi) is 12.3. The maximum atomic E-state index is 14.2. The van der Waals surface area contributed by atoms with Crippen LogP contribution in [0.25, 0.3) is 0 Å². The number of carbonyl (C=O) groups excluding carboxylic acids is 3. The number of alkyl carbamates (subject to hydrolysis) is 1. The number of aromatic hydroxyl groups is 1. The fourth-order valence-electron chi connectivity index (χ4n) is 4.24. The second kappa shape index (κ2) is 15.1. The van der Waals surface area contributed by atoms with Gasteiger partial charge in [-0.15, -0.1) is 0 Å². The Morgan fingerprint density at radius 2 is 1.69 bits per heavy atom. The Labute approximate surface area is 233 Å². The number of benzene rings is 2. The molecule has 39 heavy (non-hydrogen) atoms. The first-order chi connectivity index (χ1) is 18.5. The van der Waals surface area contributed by atoms with E-state index in [4.69, 9.17) is 4.74 Å². The van der Waals surface area contributed by atoms with E-state index in [2.05, 4.69) is 17.6 Å². The van der Waals surface area contributed by atoms with Gasteiger partial charge in [0.1, 0.15) is 23.4 Å². The highest BCUT2D eigenvalue weighted by Crippen LogP contribution is 2.27. The van der Waals surface area contributed by atoms with E-state index in [9.17, 15) is 19.5 Å². The Morgan fingerprint density at radius 1 is 1.00 bits per heavy atom. The van der Waals surface area contributed by atoms with Crippen LogP contribution in [0.2, 0.25) is 0 Å². The fraction of sp³-hybridized carbons (Fsp3) is 0.516. The fourth-order valence-corrected chi connectivity index (χ4v) is 4.24. The van der Waals surface area contributed by atoms with Gasteiger partial charge < -0.3 is 25.4 Å². The molecule has 2 aromatic rings. The molecule has 8 heteroatoms. The maximum Gasteiger partial charge on any atom is 0.408 e. The number of amides is 3. The molecule has 0 aliphatic heterocycles. The summed E-state index contributed by atoms with van der Waals surface area (Å²) in [7, 11) is 0. The molecule has 214 valence electrons. The summed E-state index contributed by atoms with van der Waals surface area (Å²) in [5.41, 5.74) is 0.689. The van der Waals surface area contributed by atoms with Crippen LogP contribution < -0.4 is 10.6 Å². The predicted octanol–water partition coefficient (Wildman–Crippen LogP) is 5.71. The van der Waals surface area contributed by atoms with Gasteiger partial charge in [-0.25, -0.2) is 4.79 Å². The number of carbonyl (C=O) groups is 3. The molecular weight excluding hydrogens is 494 g/mol. The van der Waals surface area contributed by atoms with Crippen LogP contribution in [0, 0.1) is 5.92 Å². The highest BCUT2D eigenvalue weighted by Gasteiger charge is 2.38. The van der Waals surface area contributed by atoms with Crippen LogP contribution in [0.5, 0.6) is 5.75 Å². The van der Waals surface area contributed by atoms with Crippen molar-refractivity contribution in [2.75, 3.05) is 6.54 Å². The monoisotopic (exact) mass is 539 g/mol. The SMILES string of the molecule is CCCCCN(C(=O)C(NC(=O)OC(C)(C)C)C(C)CC)C(C(=O)NCc1ccccc1)c1cccc(O)c1. The largest absolute Gasteiger partial charge is 0.508 e. The third-order valence-electron chi connectivity index (χ3n) is 6.49. The van der Waals surface area contributed by atoms with Crippen molar-refractivity contribution < 1.29 is 24.2 Å². The second-order valence-electron chi connectivity index (χ2n) is 10.9. The first kappa shape index (κ1) is 31.7. The average Bonchev–Trinajstić information content (AvgIpc) is 2.89. The van der Waals surface area contributed by atoms with Crippen molar-refractivity contribution in [1.29, 1.82) is 0 Å². The Balaban J connectivity index is 2.48. The van der Waals surface area contributed by atoms with Crippen LogP contribution in [0.15, 0.2) is 54.6 Å². The minimum atomic E-state index is -1.00. The molecule has 0 aromatic heterocycles. The van der Waals surface area contributed by atoms with Gasteiger partial charge in [-0.1, -0.05) is 82.5 Å². The smallest absolute Gasteiger partial charge is 0.408 e. The average molecular weight is 540 g/mol. The van der Waals surface area contributed by atoms with E-state index in [-0.39, 0.29) is 30.0 Å². The number of hydrogen-bond donors (Lipinski definition) is 3. The lowest BCUT2D eigenvalue weighted by Crippen LogP contribution is -2.55. The summed E-state index contributed by atoms with van der Waals surface area (Å²) in [5, 5.41) is 16.0. The van der Waals surface area contributed by atoms with Gasteiger partial charge in [0.05, 0.1) is 0 Å².